The summed E-state index contributed by atoms with van der Waals surface area (Å²) in [6.45, 7) is 0.445. The van der Waals surface area contributed by atoms with Gasteiger partial charge < -0.3 is 10.4 Å². The standard InChI is InChI=1S/C17H16BrNO3/c18-15-4-2-1-3-14(15)11-19-17(22)13-8-5-12(6-9-13)7-10-16(20)21/h1-6,8-9H,7,10-11H2,(H,19,22)(H,20,21). The van der Waals surface area contributed by atoms with Gasteiger partial charge in [-0.1, -0.05) is 46.3 Å². The second-order valence-corrected chi connectivity index (χ2v) is 5.72. The average molecular weight is 362 g/mol. The number of carboxylic acid groups (broad SMARTS) is 1. The molecule has 0 aliphatic carbocycles. The number of rotatable bonds is 6. The Kier molecular flexibility index (Phi) is 5.72. The van der Waals surface area contributed by atoms with E-state index in [0.717, 1.165) is 15.6 Å². The van der Waals surface area contributed by atoms with Gasteiger partial charge in [0.2, 0.25) is 0 Å². The first-order valence-electron chi connectivity index (χ1n) is 6.88. The molecule has 2 N–H and O–H groups in total. The smallest absolute Gasteiger partial charge is 0.303 e. The molecular weight excluding hydrogens is 346 g/mol. The van der Waals surface area contributed by atoms with Crippen LogP contribution in [-0.4, -0.2) is 17.0 Å². The van der Waals surface area contributed by atoms with E-state index in [-0.39, 0.29) is 12.3 Å². The lowest BCUT2D eigenvalue weighted by atomic mass is 10.1. The molecule has 2 rings (SSSR count). The Morgan fingerprint density at radius 2 is 1.73 bits per heavy atom. The van der Waals surface area contributed by atoms with Crippen LogP contribution in [0.1, 0.15) is 27.9 Å². The molecule has 0 bridgehead atoms. The van der Waals surface area contributed by atoms with Gasteiger partial charge in [-0.25, -0.2) is 0 Å². The summed E-state index contributed by atoms with van der Waals surface area (Å²) < 4.78 is 0.958. The van der Waals surface area contributed by atoms with E-state index in [0.29, 0.717) is 18.5 Å². The van der Waals surface area contributed by atoms with Crippen LogP contribution in [0.25, 0.3) is 0 Å². The molecule has 114 valence electrons. The van der Waals surface area contributed by atoms with E-state index >= 15 is 0 Å². The van der Waals surface area contributed by atoms with Crippen LogP contribution in [0.3, 0.4) is 0 Å². The number of benzene rings is 2. The van der Waals surface area contributed by atoms with Crippen LogP contribution < -0.4 is 5.32 Å². The van der Waals surface area contributed by atoms with Crippen molar-refractivity contribution in [1.29, 1.82) is 0 Å². The fourth-order valence-corrected chi connectivity index (χ4v) is 2.42. The van der Waals surface area contributed by atoms with Gasteiger partial charge in [0, 0.05) is 23.0 Å². The Hall–Kier alpha value is -2.14. The summed E-state index contributed by atoms with van der Waals surface area (Å²) in [6, 6.07) is 14.7. The largest absolute Gasteiger partial charge is 0.481 e. The first-order chi connectivity index (χ1) is 10.6. The first-order valence-corrected chi connectivity index (χ1v) is 7.68. The van der Waals surface area contributed by atoms with E-state index in [2.05, 4.69) is 21.2 Å². The van der Waals surface area contributed by atoms with E-state index in [1.807, 2.05) is 24.3 Å². The van der Waals surface area contributed by atoms with Crippen molar-refractivity contribution in [1.82, 2.24) is 5.32 Å². The number of carbonyl (C=O) groups excluding carboxylic acids is 1. The molecule has 1 amide bonds. The van der Waals surface area contributed by atoms with Crippen molar-refractivity contribution in [3.8, 4) is 0 Å². The van der Waals surface area contributed by atoms with Crippen molar-refractivity contribution in [2.75, 3.05) is 0 Å². The van der Waals surface area contributed by atoms with Crippen LogP contribution >= 0.6 is 15.9 Å². The number of carboxylic acids is 1. The molecule has 0 aromatic heterocycles. The van der Waals surface area contributed by atoms with Crippen LogP contribution in [0.15, 0.2) is 53.0 Å². The summed E-state index contributed by atoms with van der Waals surface area (Å²) in [5, 5.41) is 11.5. The lowest BCUT2D eigenvalue weighted by Crippen LogP contribution is -2.22. The first kappa shape index (κ1) is 16.2. The predicted octanol–water partition coefficient (Wildman–Crippen LogP) is 3.40. The van der Waals surface area contributed by atoms with Crippen LogP contribution in [-0.2, 0) is 17.8 Å². The predicted molar refractivity (Wildman–Crippen MR) is 87.7 cm³/mol. The minimum Gasteiger partial charge on any atom is -0.481 e. The average Bonchev–Trinajstić information content (AvgIpc) is 2.52. The van der Waals surface area contributed by atoms with Crippen LogP contribution in [0, 0.1) is 0 Å². The molecule has 0 atom stereocenters. The lowest BCUT2D eigenvalue weighted by molar-refractivity contribution is -0.136. The summed E-state index contributed by atoms with van der Waals surface area (Å²) in [7, 11) is 0. The Bertz CT molecular complexity index is 668. The maximum Gasteiger partial charge on any atom is 0.303 e. The highest BCUT2D eigenvalue weighted by molar-refractivity contribution is 9.10. The fraction of sp³-hybridized carbons (Fsp3) is 0.176. The normalized spacial score (nSPS) is 10.2. The zero-order valence-electron chi connectivity index (χ0n) is 11.9. The number of aliphatic carboxylic acids is 1. The number of hydrogen-bond acceptors (Lipinski definition) is 2. The number of halogens is 1. The Morgan fingerprint density at radius 3 is 2.36 bits per heavy atom. The van der Waals surface area contributed by atoms with Gasteiger partial charge in [0.15, 0.2) is 0 Å². The van der Waals surface area contributed by atoms with E-state index in [1.54, 1.807) is 24.3 Å². The highest BCUT2D eigenvalue weighted by Crippen LogP contribution is 2.15. The summed E-state index contributed by atoms with van der Waals surface area (Å²) in [6.07, 6.45) is 0.557. The van der Waals surface area contributed by atoms with Crippen molar-refractivity contribution in [2.24, 2.45) is 0 Å². The molecule has 0 unspecified atom stereocenters. The summed E-state index contributed by atoms with van der Waals surface area (Å²) in [5.41, 5.74) is 2.48. The highest BCUT2D eigenvalue weighted by atomic mass is 79.9. The molecule has 5 heteroatoms. The second-order valence-electron chi connectivity index (χ2n) is 4.86. The SMILES string of the molecule is O=C(O)CCc1ccc(C(=O)NCc2ccccc2Br)cc1. The fourth-order valence-electron chi connectivity index (χ4n) is 1.99. The van der Waals surface area contributed by atoms with Gasteiger partial charge in [-0.3, -0.25) is 9.59 Å². The molecule has 0 saturated carbocycles. The molecule has 4 nitrogen and oxygen atoms in total. The van der Waals surface area contributed by atoms with E-state index in [9.17, 15) is 9.59 Å². The molecule has 0 spiro atoms. The molecule has 0 fully saturated rings. The number of amides is 1. The Labute approximate surface area is 137 Å². The van der Waals surface area contributed by atoms with Gasteiger partial charge in [-0.05, 0) is 35.7 Å². The van der Waals surface area contributed by atoms with Crippen LogP contribution in [0.2, 0.25) is 0 Å². The van der Waals surface area contributed by atoms with Gasteiger partial charge in [0.25, 0.3) is 5.91 Å². The number of carbonyl (C=O) groups is 2. The van der Waals surface area contributed by atoms with Gasteiger partial charge in [-0.2, -0.15) is 0 Å². The molecule has 0 heterocycles. The second kappa shape index (κ2) is 7.75. The zero-order chi connectivity index (χ0) is 15.9. The highest BCUT2D eigenvalue weighted by Gasteiger charge is 2.07. The van der Waals surface area contributed by atoms with Crippen molar-refractivity contribution >= 4 is 27.8 Å². The van der Waals surface area contributed by atoms with Crippen LogP contribution in [0.5, 0.6) is 0 Å². The van der Waals surface area contributed by atoms with Gasteiger partial charge in [-0.15, -0.1) is 0 Å². The van der Waals surface area contributed by atoms with Gasteiger partial charge >= 0.3 is 5.97 Å². The Balaban J connectivity index is 1.92. The maximum atomic E-state index is 12.1. The zero-order valence-corrected chi connectivity index (χ0v) is 13.5. The summed E-state index contributed by atoms with van der Waals surface area (Å²) in [5.74, 6) is -0.976. The summed E-state index contributed by atoms with van der Waals surface area (Å²) >= 11 is 3.44. The third-order valence-electron chi connectivity index (χ3n) is 3.24. The van der Waals surface area contributed by atoms with E-state index in [1.165, 1.54) is 0 Å². The molecule has 0 aliphatic rings. The van der Waals surface area contributed by atoms with Crippen molar-refractivity contribution < 1.29 is 14.7 Å². The van der Waals surface area contributed by atoms with Gasteiger partial charge in [0.05, 0.1) is 0 Å². The van der Waals surface area contributed by atoms with E-state index in [4.69, 9.17) is 5.11 Å². The number of aryl methyl sites for hydroxylation is 1. The molecule has 2 aromatic rings. The van der Waals surface area contributed by atoms with Crippen molar-refractivity contribution in [2.45, 2.75) is 19.4 Å². The molecule has 2 aromatic carbocycles. The van der Waals surface area contributed by atoms with E-state index < -0.39 is 5.97 Å². The monoisotopic (exact) mass is 361 g/mol. The minimum absolute atomic E-state index is 0.0909. The number of hydrogen-bond donors (Lipinski definition) is 2. The quantitative estimate of drug-likeness (QED) is 0.828. The maximum absolute atomic E-state index is 12.1. The molecule has 22 heavy (non-hydrogen) atoms. The topological polar surface area (TPSA) is 66.4 Å². The Morgan fingerprint density at radius 1 is 1.05 bits per heavy atom. The van der Waals surface area contributed by atoms with Crippen molar-refractivity contribution in [3.63, 3.8) is 0 Å². The molecule has 0 radical (unpaired) electrons. The van der Waals surface area contributed by atoms with Gasteiger partial charge in [0.1, 0.15) is 0 Å². The van der Waals surface area contributed by atoms with Crippen LogP contribution in [0.4, 0.5) is 0 Å². The molecule has 0 aliphatic heterocycles. The third-order valence-corrected chi connectivity index (χ3v) is 4.01. The molecular formula is C17H16BrNO3. The lowest BCUT2D eigenvalue weighted by Gasteiger charge is -2.07. The molecule has 0 saturated heterocycles. The summed E-state index contributed by atoms with van der Waals surface area (Å²) in [4.78, 5) is 22.6. The number of nitrogens with one attached hydrogen (secondary N) is 1. The van der Waals surface area contributed by atoms with Crippen molar-refractivity contribution in [3.05, 3.63) is 69.7 Å². The minimum atomic E-state index is -0.824. The third kappa shape index (κ3) is 4.70.